The molecule has 0 spiro atoms. The Bertz CT molecular complexity index is 577. The van der Waals surface area contributed by atoms with Gasteiger partial charge in [-0.15, -0.1) is 0 Å². The van der Waals surface area contributed by atoms with Crippen molar-refractivity contribution in [2.24, 2.45) is 35.5 Å². The maximum atomic E-state index is 15.2. The Labute approximate surface area is 204 Å². The highest BCUT2D eigenvalue weighted by Gasteiger charge is 2.47. The quantitative estimate of drug-likeness (QED) is 0.511. The molecule has 3 aliphatic carbocycles. The summed E-state index contributed by atoms with van der Waals surface area (Å²) >= 11 is 0. The SMILES string of the molecule is CC1COC(C2CCC(C3CCC(C4CC(F)C(OC(F)F)C(F)C4)C(F)C3)CC2)OC1.O.O.O. The largest absolute Gasteiger partial charge is 0.412 e. The molecule has 0 amide bonds. The van der Waals surface area contributed by atoms with Crippen molar-refractivity contribution in [3.05, 3.63) is 0 Å². The average molecular weight is 523 g/mol. The highest BCUT2D eigenvalue weighted by atomic mass is 19.3. The molecule has 3 saturated carbocycles. The van der Waals surface area contributed by atoms with E-state index < -0.39 is 43.1 Å². The third kappa shape index (κ3) is 7.95. The first-order valence-corrected chi connectivity index (χ1v) is 12.4. The van der Waals surface area contributed by atoms with Gasteiger partial charge in [0, 0.05) is 11.8 Å². The molecule has 4 aliphatic rings. The molecule has 1 heterocycles. The molecular weight excluding hydrogens is 479 g/mol. The molecule has 4 rings (SSSR count). The number of hydrogen-bond donors (Lipinski definition) is 0. The molecule has 5 unspecified atom stereocenters. The lowest BCUT2D eigenvalue weighted by molar-refractivity contribution is -0.227. The summed E-state index contributed by atoms with van der Waals surface area (Å²) in [7, 11) is 0. The van der Waals surface area contributed by atoms with E-state index in [2.05, 4.69) is 11.7 Å². The van der Waals surface area contributed by atoms with Crippen LogP contribution >= 0.6 is 0 Å². The third-order valence-electron chi connectivity index (χ3n) is 8.46. The van der Waals surface area contributed by atoms with Crippen LogP contribution in [0, 0.1) is 35.5 Å². The van der Waals surface area contributed by atoms with E-state index in [0.29, 0.717) is 36.5 Å². The van der Waals surface area contributed by atoms with Crippen molar-refractivity contribution in [1.82, 2.24) is 0 Å². The van der Waals surface area contributed by atoms with Gasteiger partial charge in [0.1, 0.15) is 24.6 Å². The summed E-state index contributed by atoms with van der Waals surface area (Å²) < 4.78 is 84.5. The van der Waals surface area contributed by atoms with Crippen LogP contribution in [0.2, 0.25) is 0 Å². The van der Waals surface area contributed by atoms with Crippen molar-refractivity contribution in [3.8, 4) is 0 Å². The Morgan fingerprint density at radius 3 is 1.66 bits per heavy atom. The average Bonchev–Trinajstić information content (AvgIpc) is 2.76. The van der Waals surface area contributed by atoms with Gasteiger partial charge in [0.15, 0.2) is 6.29 Å². The minimum atomic E-state index is -3.20. The van der Waals surface area contributed by atoms with Crippen LogP contribution in [-0.4, -0.2) is 67.2 Å². The summed E-state index contributed by atoms with van der Waals surface area (Å²) in [6, 6.07) is 0. The minimum Gasteiger partial charge on any atom is -0.412 e. The van der Waals surface area contributed by atoms with Crippen LogP contribution in [-0.2, 0) is 14.2 Å². The lowest BCUT2D eigenvalue weighted by Gasteiger charge is -2.44. The van der Waals surface area contributed by atoms with Gasteiger partial charge in [-0.1, -0.05) is 6.92 Å². The monoisotopic (exact) mass is 522 g/mol. The predicted octanol–water partition coefficient (Wildman–Crippen LogP) is 3.78. The first-order valence-electron chi connectivity index (χ1n) is 12.4. The van der Waals surface area contributed by atoms with Crippen molar-refractivity contribution in [2.45, 2.75) is 102 Å². The highest BCUT2D eigenvalue weighted by Crippen LogP contribution is 2.48. The van der Waals surface area contributed by atoms with E-state index in [9.17, 15) is 17.6 Å². The standard InChI is InChI=1S/C24H37F5O3.3H2O/c1-13-11-30-23(31-12-13)15-4-2-14(3-5-15)16-6-7-18(19(25)8-16)17-9-20(26)22(21(27)10-17)32-24(28)29;;;/h13-24H,2-12H2,1H3;3*1H2. The van der Waals surface area contributed by atoms with Crippen LogP contribution in [0.5, 0.6) is 0 Å². The normalized spacial score (nSPS) is 44.5. The van der Waals surface area contributed by atoms with Crippen LogP contribution < -0.4 is 0 Å². The summed E-state index contributed by atoms with van der Waals surface area (Å²) in [5, 5.41) is 0. The molecule has 210 valence electrons. The van der Waals surface area contributed by atoms with Crippen LogP contribution in [0.15, 0.2) is 0 Å². The molecule has 1 saturated heterocycles. The summed E-state index contributed by atoms with van der Waals surface area (Å²) in [6.45, 7) is 0.398. The smallest absolute Gasteiger partial charge is 0.345 e. The van der Waals surface area contributed by atoms with Crippen LogP contribution in [0.4, 0.5) is 22.0 Å². The van der Waals surface area contributed by atoms with Gasteiger partial charge in [0.05, 0.1) is 13.2 Å². The number of alkyl halides is 5. The molecular formula is C24H43F5O6. The molecule has 0 aromatic carbocycles. The summed E-state index contributed by atoms with van der Waals surface area (Å²) in [6.07, 6.45) is -0.694. The Kier molecular flexibility index (Phi) is 13.3. The van der Waals surface area contributed by atoms with Crippen LogP contribution in [0.1, 0.15) is 64.7 Å². The zero-order chi connectivity index (χ0) is 22.8. The molecule has 0 radical (unpaired) electrons. The summed E-state index contributed by atoms with van der Waals surface area (Å²) in [5.41, 5.74) is 0. The van der Waals surface area contributed by atoms with E-state index in [1.54, 1.807) is 0 Å². The Morgan fingerprint density at radius 1 is 0.657 bits per heavy atom. The van der Waals surface area contributed by atoms with E-state index in [-0.39, 0.29) is 35.6 Å². The minimum absolute atomic E-state index is 0. The van der Waals surface area contributed by atoms with Crippen molar-refractivity contribution in [3.63, 3.8) is 0 Å². The van der Waals surface area contributed by atoms with Crippen molar-refractivity contribution in [2.75, 3.05) is 13.2 Å². The molecule has 0 aromatic heterocycles. The third-order valence-corrected chi connectivity index (χ3v) is 8.46. The molecule has 0 aromatic rings. The molecule has 1 aliphatic heterocycles. The van der Waals surface area contributed by atoms with Gasteiger partial charge in [-0.2, -0.15) is 8.78 Å². The van der Waals surface area contributed by atoms with E-state index in [1.807, 2.05) is 0 Å². The maximum absolute atomic E-state index is 15.2. The van der Waals surface area contributed by atoms with E-state index in [1.165, 1.54) is 0 Å². The van der Waals surface area contributed by atoms with Gasteiger partial charge < -0.3 is 30.6 Å². The fraction of sp³-hybridized carbons (Fsp3) is 1.00. The maximum Gasteiger partial charge on any atom is 0.345 e. The topological polar surface area (TPSA) is 122 Å². The second-order valence-corrected chi connectivity index (χ2v) is 10.7. The predicted molar refractivity (Wildman–Crippen MR) is 120 cm³/mol. The molecule has 35 heavy (non-hydrogen) atoms. The van der Waals surface area contributed by atoms with Gasteiger partial charge in [-0.05, 0) is 81.5 Å². The summed E-state index contributed by atoms with van der Waals surface area (Å²) in [4.78, 5) is 0. The second-order valence-electron chi connectivity index (χ2n) is 10.7. The number of ether oxygens (including phenoxy) is 3. The van der Waals surface area contributed by atoms with E-state index >= 15 is 4.39 Å². The van der Waals surface area contributed by atoms with Gasteiger partial charge in [-0.3, -0.25) is 0 Å². The first kappa shape index (κ1) is 32.4. The fourth-order valence-electron chi connectivity index (χ4n) is 6.71. The lowest BCUT2D eigenvalue weighted by atomic mass is 9.64. The molecule has 11 heteroatoms. The molecule has 6 nitrogen and oxygen atoms in total. The lowest BCUT2D eigenvalue weighted by Crippen LogP contribution is -2.47. The van der Waals surface area contributed by atoms with Crippen molar-refractivity contribution in [1.29, 1.82) is 0 Å². The highest BCUT2D eigenvalue weighted by molar-refractivity contribution is 4.95. The molecule has 5 atom stereocenters. The zero-order valence-electron chi connectivity index (χ0n) is 20.3. The van der Waals surface area contributed by atoms with Crippen LogP contribution in [0.25, 0.3) is 0 Å². The molecule has 0 bridgehead atoms. The van der Waals surface area contributed by atoms with Gasteiger partial charge in [0.25, 0.3) is 0 Å². The van der Waals surface area contributed by atoms with Crippen molar-refractivity contribution < 1.29 is 52.6 Å². The number of hydrogen-bond acceptors (Lipinski definition) is 3. The zero-order valence-corrected chi connectivity index (χ0v) is 20.3. The Balaban J connectivity index is 0.00000204. The van der Waals surface area contributed by atoms with E-state index in [0.717, 1.165) is 45.3 Å². The summed E-state index contributed by atoms with van der Waals surface area (Å²) in [5.74, 6) is 0.781. The molecule has 4 fully saturated rings. The van der Waals surface area contributed by atoms with Gasteiger partial charge >= 0.3 is 6.61 Å². The number of halogens is 5. The second kappa shape index (κ2) is 14.4. The van der Waals surface area contributed by atoms with Crippen LogP contribution in [0.3, 0.4) is 0 Å². The Morgan fingerprint density at radius 2 is 1.14 bits per heavy atom. The van der Waals surface area contributed by atoms with Crippen molar-refractivity contribution >= 4 is 0 Å². The Hall–Kier alpha value is -0.590. The van der Waals surface area contributed by atoms with Gasteiger partial charge in [-0.25, -0.2) is 13.2 Å². The first-order chi connectivity index (χ1) is 15.3. The van der Waals surface area contributed by atoms with Gasteiger partial charge in [0.2, 0.25) is 0 Å². The number of rotatable bonds is 5. The van der Waals surface area contributed by atoms with E-state index in [4.69, 9.17) is 9.47 Å². The fourth-order valence-corrected chi connectivity index (χ4v) is 6.71. The molecule has 6 N–H and O–H groups in total.